The molecule has 1 heterocycles. The van der Waals surface area contributed by atoms with Crippen LogP contribution in [-0.4, -0.2) is 12.6 Å². The Balaban J connectivity index is 2.10. The number of hydrogen-bond acceptors (Lipinski definition) is 2. The molecular weight excluding hydrogens is 373 g/mol. The van der Waals surface area contributed by atoms with Crippen LogP contribution in [0.4, 0.5) is 4.39 Å². The molecule has 1 N–H and O–H groups in total. The van der Waals surface area contributed by atoms with Gasteiger partial charge < -0.3 is 5.32 Å². The Labute approximate surface area is 142 Å². The first-order valence-corrected chi connectivity index (χ1v) is 9.04. The minimum absolute atomic E-state index is 0.195. The lowest BCUT2D eigenvalue weighted by Crippen LogP contribution is -2.33. The highest BCUT2D eigenvalue weighted by atomic mass is 79.9. The van der Waals surface area contributed by atoms with Gasteiger partial charge in [0.2, 0.25) is 0 Å². The molecule has 0 saturated heterocycles. The van der Waals surface area contributed by atoms with Gasteiger partial charge in [0.25, 0.3) is 0 Å². The third-order valence-electron chi connectivity index (χ3n) is 3.25. The molecule has 0 saturated carbocycles. The third kappa shape index (κ3) is 5.06. The smallest absolute Gasteiger partial charge is 0.145 e. The Morgan fingerprint density at radius 3 is 2.86 bits per heavy atom. The van der Waals surface area contributed by atoms with Crippen molar-refractivity contribution in [2.45, 2.75) is 32.2 Å². The zero-order valence-electron chi connectivity index (χ0n) is 11.8. The summed E-state index contributed by atoms with van der Waals surface area (Å²) < 4.78 is 15.2. The van der Waals surface area contributed by atoms with Crippen molar-refractivity contribution in [1.29, 1.82) is 0 Å². The van der Waals surface area contributed by atoms with E-state index in [1.165, 1.54) is 4.88 Å². The van der Waals surface area contributed by atoms with Crippen LogP contribution in [0.3, 0.4) is 0 Å². The van der Waals surface area contributed by atoms with E-state index in [4.69, 9.17) is 11.6 Å². The van der Waals surface area contributed by atoms with Gasteiger partial charge in [-0.15, -0.1) is 11.3 Å². The summed E-state index contributed by atoms with van der Waals surface area (Å²) >= 11 is 11.1. The van der Waals surface area contributed by atoms with Crippen molar-refractivity contribution in [2.24, 2.45) is 0 Å². The van der Waals surface area contributed by atoms with E-state index in [-0.39, 0.29) is 16.9 Å². The summed E-state index contributed by atoms with van der Waals surface area (Å²) in [5.74, 6) is -0.296. The quantitative estimate of drug-likeness (QED) is 0.662. The molecule has 1 atom stereocenters. The molecule has 0 bridgehead atoms. The third-order valence-corrected chi connectivity index (χ3v) is 5.26. The highest BCUT2D eigenvalue weighted by Gasteiger charge is 2.15. The Kier molecular flexibility index (Phi) is 6.68. The Morgan fingerprint density at radius 1 is 1.38 bits per heavy atom. The molecule has 5 heteroatoms. The van der Waals surface area contributed by atoms with Crippen LogP contribution in [-0.2, 0) is 12.8 Å². The molecule has 2 aromatic rings. The summed E-state index contributed by atoms with van der Waals surface area (Å²) in [6.07, 6.45) is 2.59. The molecule has 0 aliphatic heterocycles. The van der Waals surface area contributed by atoms with Crippen molar-refractivity contribution < 1.29 is 4.39 Å². The topological polar surface area (TPSA) is 12.0 Å². The van der Waals surface area contributed by atoms with E-state index in [0.717, 1.165) is 23.9 Å². The van der Waals surface area contributed by atoms with Crippen LogP contribution >= 0.6 is 38.9 Å². The largest absolute Gasteiger partial charge is 0.313 e. The fourth-order valence-corrected chi connectivity index (χ4v) is 3.97. The number of benzene rings is 1. The van der Waals surface area contributed by atoms with Gasteiger partial charge in [0, 0.05) is 20.8 Å². The van der Waals surface area contributed by atoms with E-state index in [0.29, 0.717) is 12.0 Å². The summed E-state index contributed by atoms with van der Waals surface area (Å²) in [7, 11) is 0. The predicted octanol–water partition coefficient (Wildman–Crippen LogP) is 5.46. The van der Waals surface area contributed by atoms with Gasteiger partial charge in [0.1, 0.15) is 5.82 Å². The Hall–Kier alpha value is -0.420. The van der Waals surface area contributed by atoms with Crippen molar-refractivity contribution in [1.82, 2.24) is 5.32 Å². The maximum Gasteiger partial charge on any atom is 0.145 e. The van der Waals surface area contributed by atoms with Crippen LogP contribution in [0.2, 0.25) is 5.02 Å². The molecule has 0 aliphatic carbocycles. The van der Waals surface area contributed by atoms with Crippen molar-refractivity contribution in [2.75, 3.05) is 6.54 Å². The minimum Gasteiger partial charge on any atom is -0.313 e. The molecule has 1 nitrogen and oxygen atoms in total. The zero-order valence-corrected chi connectivity index (χ0v) is 15.0. The molecule has 114 valence electrons. The second-order valence-electron chi connectivity index (χ2n) is 5.00. The second kappa shape index (κ2) is 8.28. The van der Waals surface area contributed by atoms with Gasteiger partial charge in [-0.3, -0.25) is 0 Å². The molecule has 0 radical (unpaired) electrons. The molecular formula is C16H18BrClFNS. The molecule has 0 spiro atoms. The van der Waals surface area contributed by atoms with Crippen LogP contribution < -0.4 is 5.32 Å². The van der Waals surface area contributed by atoms with Gasteiger partial charge >= 0.3 is 0 Å². The second-order valence-corrected chi connectivity index (χ2v) is 7.32. The van der Waals surface area contributed by atoms with Gasteiger partial charge in [-0.2, -0.15) is 0 Å². The van der Waals surface area contributed by atoms with Crippen LogP contribution in [0.1, 0.15) is 23.8 Å². The van der Waals surface area contributed by atoms with E-state index in [1.807, 2.05) is 6.07 Å². The molecule has 0 amide bonds. The molecule has 1 unspecified atom stereocenters. The number of rotatable bonds is 7. The lowest BCUT2D eigenvalue weighted by molar-refractivity contribution is 0.495. The maximum absolute atomic E-state index is 14.1. The van der Waals surface area contributed by atoms with Crippen molar-refractivity contribution in [3.05, 3.63) is 55.4 Å². The summed E-state index contributed by atoms with van der Waals surface area (Å²) in [6.45, 7) is 3.06. The van der Waals surface area contributed by atoms with Gasteiger partial charge in [-0.25, -0.2) is 4.39 Å². The van der Waals surface area contributed by atoms with E-state index in [9.17, 15) is 4.39 Å². The fourth-order valence-electron chi connectivity index (χ4n) is 2.24. The zero-order chi connectivity index (χ0) is 15.2. The number of thiophene rings is 1. The van der Waals surface area contributed by atoms with Crippen LogP contribution in [0.5, 0.6) is 0 Å². The maximum atomic E-state index is 14.1. The van der Waals surface area contributed by atoms with Crippen molar-refractivity contribution in [3.63, 3.8) is 0 Å². The van der Waals surface area contributed by atoms with Crippen molar-refractivity contribution >= 4 is 38.9 Å². The van der Waals surface area contributed by atoms with E-state index >= 15 is 0 Å². The molecule has 21 heavy (non-hydrogen) atoms. The van der Waals surface area contributed by atoms with E-state index < -0.39 is 0 Å². The van der Waals surface area contributed by atoms with E-state index in [1.54, 1.807) is 23.5 Å². The highest BCUT2D eigenvalue weighted by molar-refractivity contribution is 9.10. The predicted molar refractivity (Wildman–Crippen MR) is 92.9 cm³/mol. The molecule has 0 fully saturated rings. The SMILES string of the molecule is CCCNC(Cc1cc(Br)cs1)Cc1cccc(Cl)c1F. The Bertz CT molecular complexity index is 587. The van der Waals surface area contributed by atoms with E-state index in [2.05, 4.69) is 39.6 Å². The Morgan fingerprint density at radius 2 is 2.19 bits per heavy atom. The average molecular weight is 391 g/mol. The summed E-state index contributed by atoms with van der Waals surface area (Å²) in [4.78, 5) is 1.29. The average Bonchev–Trinajstić information content (AvgIpc) is 2.86. The van der Waals surface area contributed by atoms with Gasteiger partial charge in [-0.1, -0.05) is 30.7 Å². The highest BCUT2D eigenvalue weighted by Crippen LogP contribution is 2.23. The molecule has 2 rings (SSSR count). The lowest BCUT2D eigenvalue weighted by Gasteiger charge is -2.18. The number of halogens is 3. The summed E-state index contributed by atoms with van der Waals surface area (Å²) in [5.41, 5.74) is 0.673. The standard InChI is InChI=1S/C16H18BrClFNS/c1-2-6-20-13(9-14-8-12(17)10-21-14)7-11-4-3-5-15(18)16(11)19/h3-5,8,10,13,20H,2,6-7,9H2,1H3. The number of hydrogen-bond donors (Lipinski definition) is 1. The van der Waals surface area contributed by atoms with Gasteiger partial charge in [0.05, 0.1) is 5.02 Å². The van der Waals surface area contributed by atoms with Gasteiger partial charge in [0.15, 0.2) is 0 Å². The lowest BCUT2D eigenvalue weighted by atomic mass is 10.0. The molecule has 1 aromatic carbocycles. The normalized spacial score (nSPS) is 12.6. The summed E-state index contributed by atoms with van der Waals surface area (Å²) in [5, 5.41) is 5.77. The monoisotopic (exact) mass is 389 g/mol. The van der Waals surface area contributed by atoms with Crippen LogP contribution in [0.15, 0.2) is 34.1 Å². The fraction of sp³-hybridized carbons (Fsp3) is 0.375. The summed E-state index contributed by atoms with van der Waals surface area (Å²) in [6, 6.07) is 7.54. The van der Waals surface area contributed by atoms with Crippen LogP contribution in [0.25, 0.3) is 0 Å². The number of nitrogens with one attached hydrogen (secondary N) is 1. The minimum atomic E-state index is -0.296. The van der Waals surface area contributed by atoms with Crippen molar-refractivity contribution in [3.8, 4) is 0 Å². The first-order chi connectivity index (χ1) is 10.1. The first-order valence-electron chi connectivity index (χ1n) is 6.99. The van der Waals surface area contributed by atoms with Crippen LogP contribution in [0, 0.1) is 5.82 Å². The molecule has 1 aromatic heterocycles. The van der Waals surface area contributed by atoms with Gasteiger partial charge in [-0.05, 0) is 59.4 Å². The first kappa shape index (κ1) is 16.9. The molecule has 0 aliphatic rings.